The van der Waals surface area contributed by atoms with Crippen molar-refractivity contribution in [2.75, 3.05) is 30.0 Å². The smallest absolute Gasteiger partial charge is 1.00 e. The second kappa shape index (κ2) is 27.3. The number of halogens is 4. The second-order valence-corrected chi connectivity index (χ2v) is 13.0. The molecule has 0 saturated heterocycles. The number of carbonyl (C=O) groups excluding carboxylic acids is 3. The van der Waals surface area contributed by atoms with Crippen LogP contribution in [-0.4, -0.2) is 51.2 Å². The molecule has 64 heavy (non-hydrogen) atoms. The van der Waals surface area contributed by atoms with E-state index in [1.165, 1.54) is 19.2 Å². The molecule has 8 rings (SSSR count). The molecule has 322 valence electrons. The average molecular weight is 946 g/mol. The van der Waals surface area contributed by atoms with Crippen LogP contribution in [0.25, 0.3) is 33.8 Å². The number of hydrogen-bond acceptors (Lipinski definition) is 9. The van der Waals surface area contributed by atoms with E-state index in [4.69, 9.17) is 10.1 Å². The van der Waals surface area contributed by atoms with Crippen LogP contribution in [0.15, 0.2) is 134 Å². The number of pyridine rings is 2. The molecule has 13 nitrogen and oxygen atoms in total. The fourth-order valence-corrected chi connectivity index (χ4v) is 5.84. The van der Waals surface area contributed by atoms with Gasteiger partial charge in [0.1, 0.15) is 17.1 Å². The van der Waals surface area contributed by atoms with Crippen LogP contribution in [0.1, 0.15) is 33.3 Å². The Hall–Kier alpha value is -4.26. The van der Waals surface area contributed by atoms with E-state index in [1.807, 2.05) is 96.0 Å². The van der Waals surface area contributed by atoms with Gasteiger partial charge in [-0.3, -0.25) is 14.4 Å². The molecule has 0 bridgehead atoms. The maximum Gasteiger partial charge on any atom is 1.00 e. The van der Waals surface area contributed by atoms with Crippen LogP contribution < -0.4 is 130 Å². The van der Waals surface area contributed by atoms with Gasteiger partial charge in [-0.05, 0) is 105 Å². The fourth-order valence-electron chi connectivity index (χ4n) is 5.84. The predicted octanol–water partition coefficient (Wildman–Crippen LogP) is 2.13. The Bertz CT molecular complexity index is 2800. The minimum absolute atomic E-state index is 0. The van der Waals surface area contributed by atoms with Crippen LogP contribution in [0.5, 0.6) is 0 Å². The molecular formula is C45H42ClF3K2N8O5. The Morgan fingerprint density at radius 2 is 1.05 bits per heavy atom. The van der Waals surface area contributed by atoms with E-state index in [0.29, 0.717) is 17.1 Å². The van der Waals surface area contributed by atoms with Gasteiger partial charge >= 0.3 is 103 Å². The Morgan fingerprint density at radius 3 is 1.42 bits per heavy atom. The number of carbonyl (C=O) groups is 3. The number of benzene rings is 4. The van der Waals surface area contributed by atoms with Crippen molar-refractivity contribution in [1.29, 1.82) is 0 Å². The van der Waals surface area contributed by atoms with E-state index in [1.54, 1.807) is 43.4 Å². The van der Waals surface area contributed by atoms with Crippen molar-refractivity contribution in [3.8, 4) is 22.5 Å². The summed E-state index contributed by atoms with van der Waals surface area (Å²) in [5, 5.41) is 16.6. The summed E-state index contributed by atoms with van der Waals surface area (Å²) in [5.74, 6) is -3.38. The Labute approximate surface area is 459 Å². The quantitative estimate of drug-likeness (QED) is 0.0769. The second-order valence-electron chi connectivity index (χ2n) is 13.0. The van der Waals surface area contributed by atoms with Gasteiger partial charge in [0, 0.05) is 65.5 Å². The molecule has 4 aromatic carbocycles. The fraction of sp³-hybridized carbons (Fsp3) is 0.0889. The first-order valence-electron chi connectivity index (χ1n) is 18.4. The van der Waals surface area contributed by atoms with Crippen molar-refractivity contribution in [2.45, 2.75) is 13.8 Å². The SMILES string of the molecule is CN.CNc1ccc(C(=O)Nc2ccc(-c3cn4cc(C)ccc4n3)cc2)cc1F.Cc1ccc2nc(-c3ccc(NC(=O)c4ccc(F)c(F)c4)cc3)cn2c1.Cl.O=CO[O-].[H-].[K+].[K+]. The summed E-state index contributed by atoms with van der Waals surface area (Å²) in [6, 6.07) is 29.9. The Kier molecular flexibility index (Phi) is 23.8. The first kappa shape index (κ1) is 55.9. The monoisotopic (exact) mass is 944 g/mol. The van der Waals surface area contributed by atoms with E-state index >= 15 is 0 Å². The van der Waals surface area contributed by atoms with Crippen molar-refractivity contribution in [1.82, 2.24) is 18.8 Å². The predicted molar refractivity (Wildman–Crippen MR) is 235 cm³/mol. The molecule has 0 fully saturated rings. The summed E-state index contributed by atoms with van der Waals surface area (Å²) in [5.41, 5.74) is 13.9. The van der Waals surface area contributed by atoms with E-state index < -0.39 is 23.4 Å². The number of nitrogens with two attached hydrogens (primary N) is 1. The van der Waals surface area contributed by atoms with Crippen LogP contribution >= 0.6 is 12.4 Å². The minimum atomic E-state index is -1.06. The number of nitrogens with zero attached hydrogens (tertiary/aromatic N) is 4. The number of aryl methyl sites for hydroxylation is 2. The molecule has 0 radical (unpaired) electrons. The maximum absolute atomic E-state index is 13.9. The van der Waals surface area contributed by atoms with Gasteiger partial charge < -0.3 is 42.1 Å². The van der Waals surface area contributed by atoms with Gasteiger partial charge in [0.25, 0.3) is 18.3 Å². The Balaban J connectivity index is 0.000000550. The summed E-state index contributed by atoms with van der Waals surface area (Å²) < 4.78 is 44.1. The molecule has 4 aromatic heterocycles. The number of amides is 2. The van der Waals surface area contributed by atoms with Crippen molar-refractivity contribution < 1.29 is 142 Å². The van der Waals surface area contributed by atoms with Crippen LogP contribution in [0.3, 0.4) is 0 Å². The summed E-state index contributed by atoms with van der Waals surface area (Å²) in [6.45, 7) is 3.87. The van der Waals surface area contributed by atoms with Gasteiger partial charge in [-0.25, -0.2) is 23.1 Å². The molecule has 4 heterocycles. The largest absolute Gasteiger partial charge is 1.00 e. The molecule has 0 aliphatic rings. The summed E-state index contributed by atoms with van der Waals surface area (Å²) >= 11 is 0. The number of fused-ring (bicyclic) bond motifs is 2. The molecule has 0 unspecified atom stereocenters. The van der Waals surface area contributed by atoms with Crippen molar-refractivity contribution in [2.24, 2.45) is 5.73 Å². The first-order valence-corrected chi connectivity index (χ1v) is 18.4. The van der Waals surface area contributed by atoms with Crippen molar-refractivity contribution in [3.05, 3.63) is 174 Å². The zero-order valence-electron chi connectivity index (χ0n) is 36.7. The molecule has 0 spiro atoms. The zero-order valence-corrected chi connectivity index (χ0v) is 42.8. The third-order valence-corrected chi connectivity index (χ3v) is 8.80. The normalized spacial score (nSPS) is 9.77. The first-order chi connectivity index (χ1) is 29.4. The van der Waals surface area contributed by atoms with E-state index in [0.717, 1.165) is 57.1 Å². The number of nitrogens with one attached hydrogen (secondary N) is 3. The van der Waals surface area contributed by atoms with E-state index in [2.05, 4.69) is 36.5 Å². The zero-order chi connectivity index (χ0) is 44.1. The molecule has 0 saturated carbocycles. The van der Waals surface area contributed by atoms with Crippen molar-refractivity contribution >= 4 is 59.1 Å². The van der Waals surface area contributed by atoms with Gasteiger partial charge in [-0.2, -0.15) is 0 Å². The third-order valence-electron chi connectivity index (χ3n) is 8.80. The van der Waals surface area contributed by atoms with Gasteiger partial charge in [0.2, 0.25) is 0 Å². The molecule has 0 aliphatic heterocycles. The maximum atomic E-state index is 13.9. The summed E-state index contributed by atoms with van der Waals surface area (Å²) in [6.07, 6.45) is 7.94. The number of aromatic nitrogens is 4. The minimum Gasteiger partial charge on any atom is -1.00 e. The number of hydrogen-bond donors (Lipinski definition) is 4. The molecule has 19 heteroatoms. The molecular weight excluding hydrogens is 903 g/mol. The van der Waals surface area contributed by atoms with Crippen LogP contribution in [0, 0.1) is 31.3 Å². The van der Waals surface area contributed by atoms with Gasteiger partial charge in [0.15, 0.2) is 11.6 Å². The molecule has 2 amide bonds. The Morgan fingerprint density at radius 1 is 0.641 bits per heavy atom. The number of imidazole rings is 2. The average Bonchev–Trinajstić information content (AvgIpc) is 3.90. The number of rotatable bonds is 8. The van der Waals surface area contributed by atoms with Crippen molar-refractivity contribution in [3.63, 3.8) is 0 Å². The van der Waals surface area contributed by atoms with Gasteiger partial charge in [-0.15, -0.1) is 12.4 Å². The standard InChI is InChI=1S/C22H19FN4O.C21H15F2N3O.CH5N.CH2O3.ClH.2K.H/c1-14-3-10-21-26-20(13-27(21)12-14)15-4-7-17(8-5-15)25-22(28)16-6-9-19(24-2)18(23)11-16;1-13-2-9-20-25-19(12-26(20)11-13)14-3-6-16(7-4-14)24-21(27)15-5-8-17(22)18(23)10-15;1-2;2-1-4-3;;;;/h3-13,24H,1-2H3,(H,25,28);2-12H,1H3,(H,24,27);2H2,1H3;1,3H;1H;;;/q;;;;;2*+1;-1/p-1. The molecule has 5 N–H and O–H groups in total. The van der Waals surface area contributed by atoms with Gasteiger partial charge in [-0.1, -0.05) is 36.4 Å². The van der Waals surface area contributed by atoms with Crippen LogP contribution in [0.4, 0.5) is 30.2 Å². The molecule has 8 aromatic rings. The topological polar surface area (TPSA) is 180 Å². The number of anilines is 3. The van der Waals surface area contributed by atoms with E-state index in [-0.39, 0.29) is 140 Å². The van der Waals surface area contributed by atoms with E-state index in [9.17, 15) is 22.8 Å². The third kappa shape index (κ3) is 15.2. The molecule has 0 aliphatic carbocycles. The van der Waals surface area contributed by atoms with Gasteiger partial charge in [0.05, 0.1) is 17.1 Å². The summed E-state index contributed by atoms with van der Waals surface area (Å²) in [7, 11) is 3.13. The van der Waals surface area contributed by atoms with Crippen LogP contribution in [-0.2, 0) is 9.68 Å². The van der Waals surface area contributed by atoms with Crippen LogP contribution in [0.2, 0.25) is 0 Å². The summed E-state index contributed by atoms with van der Waals surface area (Å²) in [4.78, 5) is 45.0. The molecule has 0 atom stereocenters.